The summed E-state index contributed by atoms with van der Waals surface area (Å²) in [6, 6.07) is 6.46. The molecule has 11 heteroatoms. The molecule has 0 saturated carbocycles. The molecular weight excluding hydrogens is 420 g/mol. The number of carbonyl (C=O) groups excluding carboxylic acids is 3. The van der Waals surface area contributed by atoms with Crippen LogP contribution in [0, 0.1) is 10.1 Å². The Hall–Kier alpha value is -4.02. The van der Waals surface area contributed by atoms with Gasteiger partial charge in [-0.2, -0.15) is 0 Å². The summed E-state index contributed by atoms with van der Waals surface area (Å²) in [5.74, 6) is -1.33. The second kappa shape index (κ2) is 10.3. The zero-order valence-corrected chi connectivity index (χ0v) is 17.4. The van der Waals surface area contributed by atoms with Crippen LogP contribution in [0.15, 0.2) is 42.7 Å². The van der Waals surface area contributed by atoms with Crippen LogP contribution in [0.1, 0.15) is 35.3 Å². The summed E-state index contributed by atoms with van der Waals surface area (Å²) >= 11 is 0. The van der Waals surface area contributed by atoms with Gasteiger partial charge in [0, 0.05) is 24.5 Å². The van der Waals surface area contributed by atoms with Gasteiger partial charge in [-0.25, -0.2) is 0 Å². The molecule has 1 aliphatic heterocycles. The smallest absolute Gasteiger partial charge is 0.308 e. The van der Waals surface area contributed by atoms with Crippen molar-refractivity contribution in [2.24, 2.45) is 0 Å². The van der Waals surface area contributed by atoms with Crippen molar-refractivity contribution in [3.8, 4) is 5.75 Å². The Balaban J connectivity index is 1.74. The van der Waals surface area contributed by atoms with E-state index in [1.165, 1.54) is 23.2 Å². The number of amides is 2. The average Bonchev–Trinajstić information content (AvgIpc) is 2.92. The first-order chi connectivity index (χ1) is 15.4. The minimum atomic E-state index is -0.693. The number of pyridine rings is 1. The third-order valence-corrected chi connectivity index (χ3v) is 4.74. The highest BCUT2D eigenvalue weighted by Crippen LogP contribution is 2.27. The maximum absolute atomic E-state index is 12.9. The number of fused-ring (bicyclic) bond motifs is 1. The summed E-state index contributed by atoms with van der Waals surface area (Å²) in [6.07, 6.45) is 3.00. The Bertz CT molecular complexity index is 1010. The molecule has 2 amide bonds. The van der Waals surface area contributed by atoms with Gasteiger partial charge < -0.3 is 19.7 Å². The molecule has 168 valence electrons. The molecule has 3 rings (SSSR count). The SMILES string of the molecule is CCOC(=O)C[C@@H](NC(=O)CN1CCOc2ccc([N+](=O)[O-])cc2C1=O)c1cccnc1. The highest BCUT2D eigenvalue weighted by molar-refractivity contribution is 5.99. The molecule has 1 aromatic heterocycles. The van der Waals surface area contributed by atoms with Crippen molar-refractivity contribution in [2.75, 3.05) is 26.3 Å². The predicted molar refractivity (Wildman–Crippen MR) is 111 cm³/mol. The largest absolute Gasteiger partial charge is 0.491 e. The molecule has 0 aliphatic carbocycles. The van der Waals surface area contributed by atoms with Crippen molar-refractivity contribution in [2.45, 2.75) is 19.4 Å². The number of esters is 1. The van der Waals surface area contributed by atoms with Gasteiger partial charge >= 0.3 is 5.97 Å². The van der Waals surface area contributed by atoms with E-state index in [2.05, 4.69) is 10.3 Å². The molecule has 0 unspecified atom stereocenters. The molecule has 1 N–H and O–H groups in total. The first kappa shape index (κ1) is 22.7. The number of nitro benzene ring substituents is 1. The summed E-state index contributed by atoms with van der Waals surface area (Å²) in [5.41, 5.74) is 0.373. The molecule has 2 heterocycles. The fourth-order valence-corrected chi connectivity index (χ4v) is 3.25. The van der Waals surface area contributed by atoms with Crippen LogP contribution in [-0.4, -0.2) is 58.9 Å². The highest BCUT2D eigenvalue weighted by Gasteiger charge is 2.28. The molecule has 1 atom stereocenters. The predicted octanol–water partition coefficient (Wildman–Crippen LogP) is 1.64. The Morgan fingerprint density at radius 3 is 2.88 bits per heavy atom. The molecule has 11 nitrogen and oxygen atoms in total. The number of hydrogen-bond acceptors (Lipinski definition) is 8. The van der Waals surface area contributed by atoms with Crippen LogP contribution in [0.2, 0.25) is 0 Å². The van der Waals surface area contributed by atoms with Crippen molar-refractivity contribution in [1.82, 2.24) is 15.2 Å². The number of nitro groups is 1. The standard InChI is InChI=1S/C21H22N4O7/c1-2-31-20(27)11-17(14-4-3-7-22-12-14)23-19(26)13-24-8-9-32-18-6-5-15(25(29)30)10-16(18)21(24)28/h3-7,10,12,17H,2,8-9,11,13H2,1H3,(H,23,26)/t17-/m1/s1. The molecule has 1 aromatic carbocycles. The minimum Gasteiger partial charge on any atom is -0.491 e. The molecular formula is C21H22N4O7. The van der Waals surface area contributed by atoms with Crippen molar-refractivity contribution < 1.29 is 28.8 Å². The van der Waals surface area contributed by atoms with E-state index in [4.69, 9.17) is 9.47 Å². The van der Waals surface area contributed by atoms with E-state index >= 15 is 0 Å². The summed E-state index contributed by atoms with van der Waals surface area (Å²) in [7, 11) is 0. The van der Waals surface area contributed by atoms with Crippen molar-refractivity contribution >= 4 is 23.5 Å². The lowest BCUT2D eigenvalue weighted by molar-refractivity contribution is -0.384. The summed E-state index contributed by atoms with van der Waals surface area (Å²) in [5, 5.41) is 13.8. The zero-order chi connectivity index (χ0) is 23.1. The third kappa shape index (κ3) is 5.56. The van der Waals surface area contributed by atoms with Gasteiger partial charge in [0.2, 0.25) is 5.91 Å². The number of aromatic nitrogens is 1. The third-order valence-electron chi connectivity index (χ3n) is 4.74. The van der Waals surface area contributed by atoms with E-state index in [0.29, 0.717) is 5.56 Å². The average molecular weight is 442 g/mol. The lowest BCUT2D eigenvalue weighted by Crippen LogP contribution is -2.43. The van der Waals surface area contributed by atoms with E-state index < -0.39 is 28.7 Å². The van der Waals surface area contributed by atoms with Crippen LogP contribution in [0.25, 0.3) is 0 Å². The quantitative estimate of drug-likeness (QED) is 0.369. The Morgan fingerprint density at radius 1 is 1.38 bits per heavy atom. The van der Waals surface area contributed by atoms with Crippen LogP contribution in [0.5, 0.6) is 5.75 Å². The maximum Gasteiger partial charge on any atom is 0.308 e. The van der Waals surface area contributed by atoms with Gasteiger partial charge in [0.05, 0.1) is 42.6 Å². The Morgan fingerprint density at radius 2 is 2.19 bits per heavy atom. The molecule has 2 aromatic rings. The van der Waals surface area contributed by atoms with Crippen molar-refractivity contribution in [3.63, 3.8) is 0 Å². The first-order valence-electron chi connectivity index (χ1n) is 9.94. The number of hydrogen-bond donors (Lipinski definition) is 1. The van der Waals surface area contributed by atoms with E-state index in [-0.39, 0.29) is 49.7 Å². The zero-order valence-electron chi connectivity index (χ0n) is 17.4. The van der Waals surface area contributed by atoms with Gasteiger partial charge in [-0.3, -0.25) is 29.5 Å². The number of ether oxygens (including phenoxy) is 2. The fourth-order valence-electron chi connectivity index (χ4n) is 3.25. The van der Waals surface area contributed by atoms with Gasteiger partial charge in [-0.05, 0) is 24.6 Å². The topological polar surface area (TPSA) is 141 Å². The van der Waals surface area contributed by atoms with Gasteiger partial charge in [0.1, 0.15) is 12.4 Å². The summed E-state index contributed by atoms with van der Waals surface area (Å²) in [6.45, 7) is 1.82. The van der Waals surface area contributed by atoms with Crippen molar-refractivity contribution in [1.29, 1.82) is 0 Å². The van der Waals surface area contributed by atoms with Crippen LogP contribution in [-0.2, 0) is 14.3 Å². The molecule has 0 bridgehead atoms. The van der Waals surface area contributed by atoms with E-state index in [0.717, 1.165) is 6.07 Å². The van der Waals surface area contributed by atoms with E-state index in [1.807, 2.05) is 0 Å². The molecule has 0 spiro atoms. The maximum atomic E-state index is 12.9. The highest BCUT2D eigenvalue weighted by atomic mass is 16.6. The minimum absolute atomic E-state index is 0.0137. The summed E-state index contributed by atoms with van der Waals surface area (Å²) in [4.78, 5) is 53.4. The fraction of sp³-hybridized carbons (Fsp3) is 0.333. The number of non-ortho nitro benzene ring substituents is 1. The Kier molecular flexibility index (Phi) is 7.32. The van der Waals surface area contributed by atoms with Gasteiger partial charge in [-0.1, -0.05) is 6.07 Å². The van der Waals surface area contributed by atoms with Gasteiger partial charge in [-0.15, -0.1) is 0 Å². The number of nitrogens with zero attached hydrogens (tertiary/aromatic N) is 3. The number of rotatable bonds is 8. The second-order valence-electron chi connectivity index (χ2n) is 6.93. The lowest BCUT2D eigenvalue weighted by Gasteiger charge is -2.22. The van der Waals surface area contributed by atoms with Crippen LogP contribution >= 0.6 is 0 Å². The first-order valence-corrected chi connectivity index (χ1v) is 9.94. The van der Waals surface area contributed by atoms with Crippen LogP contribution in [0.4, 0.5) is 5.69 Å². The van der Waals surface area contributed by atoms with Crippen LogP contribution in [0.3, 0.4) is 0 Å². The van der Waals surface area contributed by atoms with E-state index in [9.17, 15) is 24.5 Å². The van der Waals surface area contributed by atoms with Crippen LogP contribution < -0.4 is 10.1 Å². The normalized spacial score (nSPS) is 13.9. The molecule has 32 heavy (non-hydrogen) atoms. The van der Waals surface area contributed by atoms with Crippen molar-refractivity contribution in [3.05, 3.63) is 64.0 Å². The lowest BCUT2D eigenvalue weighted by atomic mass is 10.1. The Labute approximate surface area is 183 Å². The number of nitrogens with one attached hydrogen (secondary N) is 1. The molecule has 0 fully saturated rings. The van der Waals surface area contributed by atoms with Gasteiger partial charge in [0.25, 0.3) is 11.6 Å². The molecule has 0 saturated heterocycles. The summed E-state index contributed by atoms with van der Waals surface area (Å²) < 4.78 is 10.5. The monoisotopic (exact) mass is 442 g/mol. The van der Waals surface area contributed by atoms with Gasteiger partial charge in [0.15, 0.2) is 0 Å². The second-order valence-corrected chi connectivity index (χ2v) is 6.93. The number of benzene rings is 1. The molecule has 0 radical (unpaired) electrons. The van der Waals surface area contributed by atoms with E-state index in [1.54, 1.807) is 25.3 Å². The number of carbonyl (C=O) groups is 3. The molecule has 1 aliphatic rings.